The third-order valence-electron chi connectivity index (χ3n) is 3.41. The van der Waals surface area contributed by atoms with Crippen molar-refractivity contribution in [2.24, 2.45) is 5.73 Å². The number of hydrogen-bond acceptors (Lipinski definition) is 10. The van der Waals surface area contributed by atoms with Gasteiger partial charge < -0.3 is 25.7 Å². The molecule has 0 radical (unpaired) electrons. The highest BCUT2D eigenvalue weighted by Gasteiger charge is 2.22. The Hall–Kier alpha value is -2.43. The SMILES string of the molecule is NCC(=O)N[C@@H](CSCCS(=O)(=O)c1ccc(OS(=O)(=O)[18F])cc1)C(=O)NCC(=O)O. The fourth-order valence-electron chi connectivity index (χ4n) is 2.03. The Morgan fingerprint density at radius 2 is 1.77 bits per heavy atom. The van der Waals surface area contributed by atoms with Gasteiger partial charge in [-0.1, -0.05) is 3.89 Å². The van der Waals surface area contributed by atoms with Crippen LogP contribution in [0.15, 0.2) is 29.2 Å². The van der Waals surface area contributed by atoms with Crippen molar-refractivity contribution in [3.8, 4) is 5.75 Å². The Labute approximate surface area is 182 Å². The average molecular weight is 501 g/mol. The number of rotatable bonds is 13. The lowest BCUT2D eigenvalue weighted by Gasteiger charge is -2.17. The highest BCUT2D eigenvalue weighted by molar-refractivity contribution is 8.00. The van der Waals surface area contributed by atoms with E-state index < -0.39 is 63.0 Å². The summed E-state index contributed by atoms with van der Waals surface area (Å²) < 4.78 is 61.9. The number of halogens is 1. The van der Waals surface area contributed by atoms with Crippen LogP contribution in [0.25, 0.3) is 0 Å². The van der Waals surface area contributed by atoms with Gasteiger partial charge in [-0.15, -0.1) is 0 Å². The second-order valence-electron chi connectivity index (χ2n) is 5.78. The van der Waals surface area contributed by atoms with Crippen LogP contribution in [0, 0.1) is 0 Å². The number of carbonyl (C=O) groups is 3. The van der Waals surface area contributed by atoms with Gasteiger partial charge in [0.1, 0.15) is 18.3 Å². The molecule has 1 aromatic carbocycles. The van der Waals surface area contributed by atoms with E-state index in [-0.39, 0.29) is 22.2 Å². The summed E-state index contributed by atoms with van der Waals surface area (Å²) in [5, 5.41) is 13.0. The lowest BCUT2D eigenvalue weighted by Crippen LogP contribution is -2.50. The van der Waals surface area contributed by atoms with E-state index in [1.165, 1.54) is 0 Å². The number of nitrogens with two attached hydrogens (primary N) is 1. The summed E-state index contributed by atoms with van der Waals surface area (Å²) in [5.74, 6) is -3.50. The van der Waals surface area contributed by atoms with Gasteiger partial charge in [-0.2, -0.15) is 20.2 Å². The maximum atomic E-state index is 12.5. The number of carboxylic acid groups (broad SMARTS) is 1. The maximum absolute atomic E-state index is 12.5. The topological polar surface area (TPSA) is 199 Å². The quantitative estimate of drug-likeness (QED) is 0.180. The molecule has 0 spiro atoms. The van der Waals surface area contributed by atoms with Crippen molar-refractivity contribution in [3.63, 3.8) is 0 Å². The summed E-state index contributed by atoms with van der Waals surface area (Å²) in [6.45, 7) is -1.05. The summed E-state index contributed by atoms with van der Waals surface area (Å²) in [6, 6.07) is 2.92. The van der Waals surface area contributed by atoms with E-state index >= 15 is 0 Å². The molecule has 0 bridgehead atoms. The number of carbonyl (C=O) groups excluding carboxylic acids is 2. The van der Waals surface area contributed by atoms with Crippen molar-refractivity contribution in [1.29, 1.82) is 0 Å². The fourth-order valence-corrected chi connectivity index (χ4v) is 5.14. The van der Waals surface area contributed by atoms with E-state index in [0.29, 0.717) is 0 Å². The first kappa shape index (κ1) is 26.6. The van der Waals surface area contributed by atoms with Crippen LogP contribution in [0.5, 0.6) is 5.75 Å². The van der Waals surface area contributed by atoms with Crippen molar-refractivity contribution < 1.29 is 44.4 Å². The molecule has 0 heterocycles. The summed E-state index contributed by atoms with van der Waals surface area (Å²) in [6.07, 6.45) is 0. The monoisotopic (exact) mass is 500 g/mol. The van der Waals surface area contributed by atoms with Crippen LogP contribution in [-0.4, -0.2) is 76.1 Å². The van der Waals surface area contributed by atoms with E-state index in [0.717, 1.165) is 36.0 Å². The number of thioether (sulfide) groups is 1. The van der Waals surface area contributed by atoms with Crippen molar-refractivity contribution >= 4 is 49.9 Å². The lowest BCUT2D eigenvalue weighted by atomic mass is 10.3. The highest BCUT2D eigenvalue weighted by atomic mass is 32.3. The zero-order chi connectivity index (χ0) is 23.7. The van der Waals surface area contributed by atoms with Crippen LogP contribution >= 0.6 is 11.8 Å². The van der Waals surface area contributed by atoms with Crippen LogP contribution < -0.4 is 20.6 Å². The molecule has 0 aliphatic heterocycles. The average Bonchev–Trinajstić information content (AvgIpc) is 2.67. The van der Waals surface area contributed by atoms with Gasteiger partial charge >= 0.3 is 16.5 Å². The Bertz CT molecular complexity index is 998. The first-order valence-corrected chi connectivity index (χ1v) is 12.5. The molecule has 0 saturated carbocycles. The first-order valence-electron chi connectivity index (χ1n) is 8.37. The minimum atomic E-state index is -5.23. The van der Waals surface area contributed by atoms with E-state index in [1.807, 2.05) is 0 Å². The minimum Gasteiger partial charge on any atom is -0.480 e. The predicted molar refractivity (Wildman–Crippen MR) is 108 cm³/mol. The summed E-state index contributed by atoms with van der Waals surface area (Å²) in [7, 11) is -9.03. The van der Waals surface area contributed by atoms with Gasteiger partial charge in [0.25, 0.3) is 0 Å². The van der Waals surface area contributed by atoms with Gasteiger partial charge in [-0.05, 0) is 24.3 Å². The molecule has 5 N–H and O–H groups in total. The van der Waals surface area contributed by atoms with Gasteiger partial charge in [0.15, 0.2) is 9.84 Å². The largest absolute Gasteiger partial charge is 0.488 e. The molecule has 174 valence electrons. The third-order valence-corrected chi connectivity index (χ3v) is 6.85. The molecular weight excluding hydrogens is 480 g/mol. The molecule has 1 rings (SSSR count). The zero-order valence-electron chi connectivity index (χ0n) is 15.8. The second kappa shape index (κ2) is 11.8. The van der Waals surface area contributed by atoms with Gasteiger partial charge in [0.05, 0.1) is 17.2 Å². The third kappa shape index (κ3) is 10.4. The number of benzene rings is 1. The van der Waals surface area contributed by atoms with Crippen molar-refractivity contribution in [2.45, 2.75) is 10.9 Å². The molecule has 0 aliphatic rings. The highest BCUT2D eigenvalue weighted by Crippen LogP contribution is 2.19. The molecule has 31 heavy (non-hydrogen) atoms. The van der Waals surface area contributed by atoms with E-state index in [9.17, 15) is 35.1 Å². The summed E-state index contributed by atoms with van der Waals surface area (Å²) >= 11 is 1.01. The normalized spacial score (nSPS) is 12.6. The number of aliphatic carboxylic acids is 1. The number of carboxylic acids is 1. The second-order valence-corrected chi connectivity index (χ2v) is 9.99. The van der Waals surface area contributed by atoms with Crippen LogP contribution in [0.3, 0.4) is 0 Å². The Morgan fingerprint density at radius 1 is 1.16 bits per heavy atom. The van der Waals surface area contributed by atoms with E-state index in [4.69, 9.17) is 10.8 Å². The predicted octanol–water partition coefficient (Wildman–Crippen LogP) is -1.57. The molecule has 12 nitrogen and oxygen atoms in total. The first-order chi connectivity index (χ1) is 14.3. The number of hydrogen-bond donors (Lipinski definition) is 4. The molecule has 0 aliphatic carbocycles. The molecule has 0 fully saturated rings. The maximum Gasteiger partial charge on any atom is 0.488 e. The zero-order valence-corrected chi connectivity index (χ0v) is 18.3. The molecule has 0 aromatic heterocycles. The van der Waals surface area contributed by atoms with Gasteiger partial charge in [-0.3, -0.25) is 14.4 Å². The molecule has 16 heteroatoms. The standard InChI is InChI=1S/C15H20FN3O9S3/c16-31(26,27)28-10-1-3-11(4-2-10)30(24,25)6-5-29-9-12(19-13(20)7-17)15(23)18-8-14(21)22/h1-4,12H,5-9,17H2,(H,18,23)(H,19,20)(H,21,22)/t12-/m0/s1/i16-1. The van der Waals surface area contributed by atoms with Crippen molar-refractivity contribution in [2.75, 3.05) is 30.3 Å². The number of amides is 2. The smallest absolute Gasteiger partial charge is 0.480 e. The van der Waals surface area contributed by atoms with Gasteiger partial charge in [0, 0.05) is 11.5 Å². The minimum absolute atomic E-state index is 0.0145. The van der Waals surface area contributed by atoms with Crippen molar-refractivity contribution in [3.05, 3.63) is 24.3 Å². The molecule has 1 aromatic rings. The van der Waals surface area contributed by atoms with Crippen LogP contribution in [-0.2, 0) is 34.7 Å². The van der Waals surface area contributed by atoms with Crippen LogP contribution in [0.2, 0.25) is 0 Å². The van der Waals surface area contributed by atoms with E-state index in [2.05, 4.69) is 14.8 Å². The van der Waals surface area contributed by atoms with Crippen molar-refractivity contribution in [1.82, 2.24) is 10.6 Å². The molecule has 0 unspecified atom stereocenters. The Balaban J connectivity index is 2.66. The summed E-state index contributed by atoms with van der Waals surface area (Å²) in [5.41, 5.74) is 5.18. The molecule has 1 atom stereocenters. The molecular formula is C15H20FN3O9S3. The van der Waals surface area contributed by atoms with E-state index in [1.54, 1.807) is 0 Å². The van der Waals surface area contributed by atoms with Crippen LogP contribution in [0.4, 0.5) is 3.89 Å². The van der Waals surface area contributed by atoms with Gasteiger partial charge in [-0.25, -0.2) is 8.42 Å². The molecule has 0 saturated heterocycles. The lowest BCUT2D eigenvalue weighted by molar-refractivity contribution is -0.138. The Kier molecular flexibility index (Phi) is 10.1. The fraction of sp³-hybridized carbons (Fsp3) is 0.400. The number of sulfone groups is 1. The summed E-state index contributed by atoms with van der Waals surface area (Å²) in [4.78, 5) is 33.8. The molecule has 2 amide bonds. The Morgan fingerprint density at radius 3 is 2.29 bits per heavy atom. The van der Waals surface area contributed by atoms with Gasteiger partial charge in [0.2, 0.25) is 11.8 Å². The van der Waals surface area contributed by atoms with Crippen LogP contribution in [0.1, 0.15) is 0 Å². The number of nitrogens with one attached hydrogen (secondary N) is 2.